The summed E-state index contributed by atoms with van der Waals surface area (Å²) in [4.78, 5) is 11.7. The number of hydrogen-bond acceptors (Lipinski definition) is 4. The van der Waals surface area contributed by atoms with Gasteiger partial charge in [0.25, 0.3) is 0 Å². The van der Waals surface area contributed by atoms with Crippen LogP contribution in [0.25, 0.3) is 0 Å². The zero-order chi connectivity index (χ0) is 12.3. The van der Waals surface area contributed by atoms with E-state index in [1.165, 1.54) is 0 Å². The van der Waals surface area contributed by atoms with Gasteiger partial charge in [-0.25, -0.2) is 0 Å². The maximum absolute atomic E-state index is 11.7. The van der Waals surface area contributed by atoms with E-state index in [4.69, 9.17) is 5.73 Å². The highest BCUT2D eigenvalue weighted by Gasteiger charge is 2.29. The van der Waals surface area contributed by atoms with E-state index < -0.39 is 12.1 Å². The molecule has 0 aromatic carbocycles. The van der Waals surface area contributed by atoms with E-state index in [9.17, 15) is 9.90 Å². The van der Waals surface area contributed by atoms with Crippen molar-refractivity contribution in [3.05, 3.63) is 0 Å². The van der Waals surface area contributed by atoms with Crippen molar-refractivity contribution in [2.75, 3.05) is 0 Å². The van der Waals surface area contributed by atoms with Crippen molar-refractivity contribution in [1.82, 2.24) is 5.32 Å². The highest BCUT2D eigenvalue weighted by Crippen LogP contribution is 2.23. The molecule has 4 atom stereocenters. The number of nitrogens with two attached hydrogens (primary N) is 1. The molecule has 1 rings (SSSR count). The van der Waals surface area contributed by atoms with Crippen LogP contribution in [0.5, 0.6) is 0 Å². The molecule has 0 radical (unpaired) electrons. The van der Waals surface area contributed by atoms with Crippen LogP contribution in [0.2, 0.25) is 0 Å². The van der Waals surface area contributed by atoms with Crippen molar-refractivity contribution in [3.8, 4) is 0 Å². The molecule has 94 valence electrons. The Hall–Kier alpha value is -0.260. The van der Waals surface area contributed by atoms with Crippen molar-refractivity contribution in [2.45, 2.75) is 56.5 Å². The molecule has 4 nitrogen and oxygen atoms in total. The molecule has 16 heavy (non-hydrogen) atoms. The summed E-state index contributed by atoms with van der Waals surface area (Å²) in [6.07, 6.45) is 1.83. The second-order valence-electron chi connectivity index (χ2n) is 4.92. The van der Waals surface area contributed by atoms with Gasteiger partial charge in [0, 0.05) is 11.3 Å². The van der Waals surface area contributed by atoms with Gasteiger partial charge in [-0.3, -0.25) is 4.79 Å². The maximum Gasteiger partial charge on any atom is 0.237 e. The fraction of sp³-hybridized carbons (Fsp3) is 0.909. The van der Waals surface area contributed by atoms with Crippen molar-refractivity contribution >= 4 is 18.5 Å². The third-order valence-corrected chi connectivity index (χ3v) is 3.75. The standard InChI is InChI=1S/C11H22N2O2S/c1-6(2)10(12)11(15)13-7-3-4-9(16)8(14)5-7/h6-10,14,16H,3-5,12H2,1-2H3,(H,13,15)/t7-,8-,9-,10+/m0/s1. The lowest BCUT2D eigenvalue weighted by molar-refractivity contribution is -0.124. The number of rotatable bonds is 3. The largest absolute Gasteiger partial charge is 0.392 e. The molecule has 1 amide bonds. The van der Waals surface area contributed by atoms with Crippen LogP contribution < -0.4 is 11.1 Å². The van der Waals surface area contributed by atoms with Gasteiger partial charge in [0.1, 0.15) is 0 Å². The fourth-order valence-electron chi connectivity index (χ4n) is 1.86. The zero-order valence-corrected chi connectivity index (χ0v) is 10.8. The highest BCUT2D eigenvalue weighted by molar-refractivity contribution is 7.81. The molecule has 0 unspecified atom stereocenters. The summed E-state index contributed by atoms with van der Waals surface area (Å²) in [5.74, 6) is 0.0101. The van der Waals surface area contributed by atoms with Crippen LogP contribution in [-0.2, 0) is 4.79 Å². The van der Waals surface area contributed by atoms with Crippen LogP contribution in [0.15, 0.2) is 0 Å². The molecule has 1 fully saturated rings. The van der Waals surface area contributed by atoms with Crippen LogP contribution in [0.3, 0.4) is 0 Å². The second kappa shape index (κ2) is 5.89. The maximum atomic E-state index is 11.7. The van der Waals surface area contributed by atoms with Crippen LogP contribution in [0, 0.1) is 5.92 Å². The first kappa shape index (κ1) is 13.8. The van der Waals surface area contributed by atoms with Gasteiger partial charge in [-0.2, -0.15) is 12.6 Å². The Morgan fingerprint density at radius 3 is 2.62 bits per heavy atom. The van der Waals surface area contributed by atoms with Gasteiger partial charge in [0.15, 0.2) is 0 Å². The van der Waals surface area contributed by atoms with Gasteiger partial charge in [-0.15, -0.1) is 0 Å². The average molecular weight is 246 g/mol. The number of aliphatic hydroxyl groups is 1. The molecular formula is C11H22N2O2S. The number of carbonyl (C=O) groups excluding carboxylic acids is 1. The minimum absolute atomic E-state index is 0.0342. The van der Waals surface area contributed by atoms with Crippen LogP contribution in [0.1, 0.15) is 33.1 Å². The van der Waals surface area contributed by atoms with Gasteiger partial charge in [-0.05, 0) is 25.2 Å². The third-order valence-electron chi connectivity index (χ3n) is 3.15. The lowest BCUT2D eigenvalue weighted by atomic mass is 9.92. The van der Waals surface area contributed by atoms with Gasteiger partial charge in [0.05, 0.1) is 12.1 Å². The van der Waals surface area contributed by atoms with Gasteiger partial charge < -0.3 is 16.2 Å². The highest BCUT2D eigenvalue weighted by atomic mass is 32.1. The van der Waals surface area contributed by atoms with Gasteiger partial charge in [0.2, 0.25) is 5.91 Å². The lowest BCUT2D eigenvalue weighted by Gasteiger charge is -2.31. The van der Waals surface area contributed by atoms with E-state index in [2.05, 4.69) is 17.9 Å². The quantitative estimate of drug-likeness (QED) is 0.541. The molecule has 4 N–H and O–H groups in total. The summed E-state index contributed by atoms with van der Waals surface area (Å²) in [5, 5.41) is 12.6. The van der Waals surface area contributed by atoms with Crippen molar-refractivity contribution in [1.29, 1.82) is 0 Å². The second-order valence-corrected chi connectivity index (χ2v) is 5.59. The Labute approximate surface area is 102 Å². The van der Waals surface area contributed by atoms with E-state index in [0.717, 1.165) is 12.8 Å². The van der Waals surface area contributed by atoms with E-state index in [-0.39, 0.29) is 23.1 Å². The Morgan fingerprint density at radius 2 is 2.12 bits per heavy atom. The first-order chi connectivity index (χ1) is 7.41. The van der Waals surface area contributed by atoms with Crippen molar-refractivity contribution in [3.63, 3.8) is 0 Å². The van der Waals surface area contributed by atoms with Crippen LogP contribution in [-0.4, -0.2) is 34.5 Å². The summed E-state index contributed by atoms with van der Waals surface area (Å²) < 4.78 is 0. The smallest absolute Gasteiger partial charge is 0.237 e. The topological polar surface area (TPSA) is 75.4 Å². The molecule has 0 aromatic heterocycles. The summed E-state index contributed by atoms with van der Waals surface area (Å²) in [5.41, 5.74) is 5.75. The monoisotopic (exact) mass is 246 g/mol. The molecule has 0 heterocycles. The molecular weight excluding hydrogens is 224 g/mol. The number of nitrogens with one attached hydrogen (secondary N) is 1. The predicted octanol–water partition coefficient (Wildman–Crippen LogP) is 0.298. The Bertz CT molecular complexity index is 248. The Morgan fingerprint density at radius 1 is 1.50 bits per heavy atom. The molecule has 1 aliphatic rings. The summed E-state index contributed by atoms with van der Waals surface area (Å²) in [7, 11) is 0. The molecule has 5 heteroatoms. The predicted molar refractivity (Wildman–Crippen MR) is 67.4 cm³/mol. The van der Waals surface area contributed by atoms with Crippen LogP contribution in [0.4, 0.5) is 0 Å². The van der Waals surface area contributed by atoms with Crippen molar-refractivity contribution in [2.24, 2.45) is 11.7 Å². The molecule has 0 aliphatic heterocycles. The van der Waals surface area contributed by atoms with E-state index >= 15 is 0 Å². The Kier molecular flexibility index (Phi) is 5.08. The van der Waals surface area contributed by atoms with Crippen LogP contribution >= 0.6 is 12.6 Å². The van der Waals surface area contributed by atoms with E-state index in [1.54, 1.807) is 0 Å². The lowest BCUT2D eigenvalue weighted by Crippen LogP contribution is -2.50. The number of thiol groups is 1. The molecule has 0 bridgehead atoms. The number of hydrogen-bond donors (Lipinski definition) is 4. The van der Waals surface area contributed by atoms with Gasteiger partial charge >= 0.3 is 0 Å². The minimum atomic E-state index is -0.467. The number of amides is 1. The zero-order valence-electron chi connectivity index (χ0n) is 9.89. The van der Waals surface area contributed by atoms with Gasteiger partial charge in [-0.1, -0.05) is 13.8 Å². The summed E-state index contributed by atoms with van der Waals surface area (Å²) in [6, 6.07) is -0.429. The first-order valence-electron chi connectivity index (χ1n) is 5.84. The first-order valence-corrected chi connectivity index (χ1v) is 6.35. The molecule has 0 spiro atoms. The molecule has 0 aromatic rings. The SMILES string of the molecule is CC(C)[C@@H](N)C(=O)N[C@H]1CC[C@H](S)[C@@H](O)C1. The Balaban J connectivity index is 2.40. The normalized spacial score (nSPS) is 32.5. The molecule has 1 saturated carbocycles. The third kappa shape index (κ3) is 3.64. The molecule has 0 saturated heterocycles. The fourth-order valence-corrected chi connectivity index (χ4v) is 2.13. The molecule has 1 aliphatic carbocycles. The van der Waals surface area contributed by atoms with Crippen molar-refractivity contribution < 1.29 is 9.90 Å². The summed E-state index contributed by atoms with van der Waals surface area (Å²) >= 11 is 4.27. The average Bonchev–Trinajstić information content (AvgIpc) is 2.22. The number of aliphatic hydroxyl groups excluding tert-OH is 1. The number of carbonyl (C=O) groups is 1. The summed E-state index contributed by atoms with van der Waals surface area (Å²) in [6.45, 7) is 3.84. The minimum Gasteiger partial charge on any atom is -0.392 e. The van der Waals surface area contributed by atoms with E-state index in [0.29, 0.717) is 6.42 Å². The van der Waals surface area contributed by atoms with E-state index in [1.807, 2.05) is 13.8 Å².